The zero-order chi connectivity index (χ0) is 13.0. The molecule has 0 amide bonds. The molecule has 0 saturated heterocycles. The van der Waals surface area contributed by atoms with E-state index >= 15 is 0 Å². The van der Waals surface area contributed by atoms with Crippen molar-refractivity contribution < 1.29 is 0 Å². The van der Waals surface area contributed by atoms with Crippen molar-refractivity contribution in [1.29, 1.82) is 5.26 Å². The van der Waals surface area contributed by atoms with Crippen molar-refractivity contribution in [2.75, 3.05) is 26.0 Å². The highest BCUT2D eigenvalue weighted by Crippen LogP contribution is 2.25. The quantitative estimate of drug-likeness (QED) is 0.874. The Bertz CT molecular complexity index is 403. The van der Waals surface area contributed by atoms with E-state index in [0.29, 0.717) is 17.5 Å². The third-order valence-electron chi connectivity index (χ3n) is 2.66. The summed E-state index contributed by atoms with van der Waals surface area (Å²) in [7, 11) is 4.11. The van der Waals surface area contributed by atoms with Crippen molar-refractivity contribution >= 4 is 16.5 Å². The van der Waals surface area contributed by atoms with Crippen LogP contribution >= 0.6 is 11.5 Å². The molecule has 1 atom stereocenters. The molecule has 0 aliphatic rings. The Morgan fingerprint density at radius 2 is 2.12 bits per heavy atom. The summed E-state index contributed by atoms with van der Waals surface area (Å²) >= 11 is 1.37. The van der Waals surface area contributed by atoms with Crippen molar-refractivity contribution in [3.8, 4) is 6.07 Å². The minimum Gasteiger partial charge on any atom is -0.370 e. The van der Waals surface area contributed by atoms with Crippen LogP contribution in [0.25, 0.3) is 0 Å². The molecule has 0 radical (unpaired) electrons. The molecule has 0 spiro atoms. The summed E-state index contributed by atoms with van der Waals surface area (Å²) in [5.74, 6) is 0.506. The summed E-state index contributed by atoms with van der Waals surface area (Å²) in [4.78, 5) is 2.15. The van der Waals surface area contributed by atoms with Crippen LogP contribution in [0.1, 0.15) is 25.1 Å². The second-order valence-corrected chi connectivity index (χ2v) is 5.61. The molecule has 0 aliphatic carbocycles. The van der Waals surface area contributed by atoms with Crippen LogP contribution in [0.5, 0.6) is 0 Å². The Kier molecular flexibility index (Phi) is 4.91. The van der Waals surface area contributed by atoms with Crippen LogP contribution in [0, 0.1) is 24.2 Å². The third kappa shape index (κ3) is 3.69. The van der Waals surface area contributed by atoms with Gasteiger partial charge in [0.2, 0.25) is 0 Å². The van der Waals surface area contributed by atoms with Crippen LogP contribution in [-0.4, -0.2) is 36.0 Å². The summed E-state index contributed by atoms with van der Waals surface area (Å²) < 4.78 is 4.22. The highest BCUT2D eigenvalue weighted by molar-refractivity contribution is 7.10. The molecule has 0 saturated carbocycles. The van der Waals surface area contributed by atoms with E-state index in [2.05, 4.69) is 48.6 Å². The molecule has 1 N–H and O–H groups in total. The Hall–Kier alpha value is -1.12. The number of nitrogens with zero attached hydrogens (tertiary/aromatic N) is 3. The van der Waals surface area contributed by atoms with Gasteiger partial charge in [-0.3, -0.25) is 0 Å². The first-order valence-corrected chi connectivity index (χ1v) is 6.50. The predicted molar refractivity (Wildman–Crippen MR) is 72.4 cm³/mol. The highest BCUT2D eigenvalue weighted by Gasteiger charge is 2.18. The lowest BCUT2D eigenvalue weighted by Gasteiger charge is -2.25. The van der Waals surface area contributed by atoms with Crippen molar-refractivity contribution in [1.82, 2.24) is 9.27 Å². The maximum atomic E-state index is 9.09. The van der Waals surface area contributed by atoms with E-state index in [1.807, 2.05) is 6.92 Å². The van der Waals surface area contributed by atoms with E-state index in [9.17, 15) is 0 Å². The minimum atomic E-state index is 0.331. The molecule has 1 aromatic rings. The number of anilines is 1. The summed E-state index contributed by atoms with van der Waals surface area (Å²) in [6.07, 6.45) is 0. The number of hydrogen-bond donors (Lipinski definition) is 1. The van der Waals surface area contributed by atoms with Crippen molar-refractivity contribution in [3.63, 3.8) is 0 Å². The van der Waals surface area contributed by atoms with Crippen molar-refractivity contribution in [3.05, 3.63) is 11.3 Å². The van der Waals surface area contributed by atoms with Gasteiger partial charge in [0, 0.05) is 12.6 Å². The molecule has 0 bridgehead atoms. The van der Waals surface area contributed by atoms with Crippen LogP contribution < -0.4 is 5.32 Å². The molecule has 0 fully saturated rings. The van der Waals surface area contributed by atoms with Gasteiger partial charge in [0.25, 0.3) is 0 Å². The maximum Gasteiger partial charge on any atom is 0.127 e. The molecule has 1 unspecified atom stereocenters. The van der Waals surface area contributed by atoms with Crippen LogP contribution in [-0.2, 0) is 0 Å². The first-order valence-electron chi connectivity index (χ1n) is 5.73. The van der Waals surface area contributed by atoms with Crippen molar-refractivity contribution in [2.24, 2.45) is 5.92 Å². The zero-order valence-corrected chi connectivity index (χ0v) is 11.9. The summed E-state index contributed by atoms with van der Waals surface area (Å²) in [6.45, 7) is 7.18. The molecular weight excluding hydrogens is 232 g/mol. The fourth-order valence-corrected chi connectivity index (χ4v) is 2.39. The van der Waals surface area contributed by atoms with Crippen LogP contribution in [0.4, 0.5) is 5.00 Å². The lowest BCUT2D eigenvalue weighted by molar-refractivity contribution is 0.345. The lowest BCUT2D eigenvalue weighted by atomic mass is 10.0. The number of aromatic nitrogens is 1. The monoisotopic (exact) mass is 252 g/mol. The zero-order valence-electron chi connectivity index (χ0n) is 11.1. The van der Waals surface area contributed by atoms with Gasteiger partial charge < -0.3 is 10.2 Å². The molecular formula is C12H20N4S. The second-order valence-electron chi connectivity index (χ2n) is 4.84. The molecule has 1 heterocycles. The average molecular weight is 252 g/mol. The smallest absolute Gasteiger partial charge is 0.127 e. The van der Waals surface area contributed by atoms with Gasteiger partial charge in [-0.25, -0.2) is 0 Å². The van der Waals surface area contributed by atoms with Gasteiger partial charge in [0.05, 0.1) is 5.69 Å². The normalized spacial score (nSPS) is 12.8. The Labute approximate surface area is 107 Å². The van der Waals surface area contributed by atoms with E-state index in [1.54, 1.807) is 0 Å². The number of hydrogen-bond acceptors (Lipinski definition) is 5. The van der Waals surface area contributed by atoms with Gasteiger partial charge in [-0.2, -0.15) is 9.64 Å². The predicted octanol–water partition coefficient (Wildman–Crippen LogP) is 2.32. The van der Waals surface area contributed by atoms with Gasteiger partial charge in [-0.1, -0.05) is 13.8 Å². The fraction of sp³-hybridized carbons (Fsp3) is 0.667. The molecule has 1 aromatic heterocycles. The number of likely N-dealkylation sites (N-methyl/N-ethyl adjacent to an activating group) is 1. The topological polar surface area (TPSA) is 52.0 Å². The molecule has 94 valence electrons. The van der Waals surface area contributed by atoms with E-state index < -0.39 is 0 Å². The van der Waals surface area contributed by atoms with E-state index in [4.69, 9.17) is 5.26 Å². The van der Waals surface area contributed by atoms with Gasteiger partial charge in [0.15, 0.2) is 0 Å². The first kappa shape index (κ1) is 13.9. The van der Waals surface area contributed by atoms with Crippen molar-refractivity contribution in [2.45, 2.75) is 26.8 Å². The molecule has 17 heavy (non-hydrogen) atoms. The lowest BCUT2D eigenvalue weighted by Crippen LogP contribution is -2.36. The van der Waals surface area contributed by atoms with Gasteiger partial charge in [0.1, 0.15) is 16.6 Å². The number of rotatable bonds is 5. The second kappa shape index (κ2) is 5.99. The van der Waals surface area contributed by atoms with E-state index in [-0.39, 0.29) is 0 Å². The average Bonchev–Trinajstić information content (AvgIpc) is 2.57. The molecule has 0 aliphatic heterocycles. The number of aryl methyl sites for hydroxylation is 1. The van der Waals surface area contributed by atoms with Gasteiger partial charge >= 0.3 is 0 Å². The molecule has 4 nitrogen and oxygen atoms in total. The number of nitrogens with one attached hydrogen (secondary N) is 1. The van der Waals surface area contributed by atoms with Crippen LogP contribution in [0.2, 0.25) is 0 Å². The molecule has 0 aromatic carbocycles. The van der Waals surface area contributed by atoms with Crippen LogP contribution in [0.3, 0.4) is 0 Å². The van der Waals surface area contributed by atoms with Gasteiger partial charge in [-0.05, 0) is 38.5 Å². The maximum absolute atomic E-state index is 9.09. The molecule has 1 rings (SSSR count). The SMILES string of the molecule is Cc1nsc(NC(CN(C)C)C(C)C)c1C#N. The largest absolute Gasteiger partial charge is 0.370 e. The molecule has 5 heteroatoms. The van der Waals surface area contributed by atoms with Gasteiger partial charge in [-0.15, -0.1) is 0 Å². The Morgan fingerprint density at radius 1 is 1.47 bits per heavy atom. The number of nitriles is 1. The summed E-state index contributed by atoms with van der Waals surface area (Å²) in [6, 6.07) is 2.54. The highest BCUT2D eigenvalue weighted by atomic mass is 32.1. The fourth-order valence-electron chi connectivity index (χ4n) is 1.58. The first-order chi connectivity index (χ1) is 7.95. The van der Waals surface area contributed by atoms with Crippen LogP contribution in [0.15, 0.2) is 0 Å². The third-order valence-corrected chi connectivity index (χ3v) is 3.53. The Morgan fingerprint density at radius 3 is 2.59 bits per heavy atom. The van der Waals surface area contributed by atoms with E-state index in [1.165, 1.54) is 11.5 Å². The van der Waals surface area contributed by atoms with E-state index in [0.717, 1.165) is 17.2 Å². The summed E-state index contributed by atoms with van der Waals surface area (Å²) in [5.41, 5.74) is 1.49. The summed E-state index contributed by atoms with van der Waals surface area (Å²) in [5, 5.41) is 13.4. The Balaban J connectivity index is 2.83. The standard InChI is InChI=1S/C12H20N4S/c1-8(2)11(7-16(4)5)14-12-10(6-13)9(3)15-17-12/h8,11,14H,7H2,1-5H3. The minimum absolute atomic E-state index is 0.331.